The number of benzene rings is 2. The summed E-state index contributed by atoms with van der Waals surface area (Å²) in [6, 6.07) is 15.6. The van der Waals surface area contributed by atoms with Crippen LogP contribution in [0.3, 0.4) is 0 Å². The number of ether oxygens (including phenoxy) is 1. The van der Waals surface area contributed by atoms with Crippen LogP contribution in [0, 0.1) is 11.3 Å². The normalized spacial score (nSPS) is 10.7. The van der Waals surface area contributed by atoms with Gasteiger partial charge in [-0.2, -0.15) is 5.26 Å². The highest BCUT2D eigenvalue weighted by atomic mass is 35.5. The van der Waals surface area contributed by atoms with Gasteiger partial charge in [-0.05, 0) is 36.4 Å². The van der Waals surface area contributed by atoms with Crippen LogP contribution in [0.4, 0.5) is 5.69 Å². The average Bonchev–Trinajstić information content (AvgIpc) is 2.64. The summed E-state index contributed by atoms with van der Waals surface area (Å²) in [4.78, 5) is 16.9. The minimum absolute atomic E-state index is 0.0351. The third-order valence-corrected chi connectivity index (χ3v) is 3.43. The zero-order chi connectivity index (χ0) is 18.8. The SMILES string of the molecule is N#Cc1ccc(OCCON=C(N)CC(=O)Nc2ccccc2Cl)cc1. The summed E-state index contributed by atoms with van der Waals surface area (Å²) < 4.78 is 5.42. The highest BCUT2D eigenvalue weighted by molar-refractivity contribution is 6.33. The van der Waals surface area contributed by atoms with Crippen LogP contribution in [-0.2, 0) is 9.63 Å². The van der Waals surface area contributed by atoms with E-state index in [4.69, 9.17) is 32.2 Å². The maximum atomic E-state index is 11.9. The maximum absolute atomic E-state index is 11.9. The molecule has 1 amide bonds. The number of nitrogens with zero attached hydrogens (tertiary/aromatic N) is 2. The number of nitriles is 1. The van der Waals surface area contributed by atoms with Crippen molar-refractivity contribution in [3.05, 3.63) is 59.1 Å². The van der Waals surface area contributed by atoms with E-state index >= 15 is 0 Å². The molecule has 7 nitrogen and oxygen atoms in total. The van der Waals surface area contributed by atoms with E-state index in [1.54, 1.807) is 48.5 Å². The summed E-state index contributed by atoms with van der Waals surface area (Å²) in [5.41, 5.74) is 6.71. The van der Waals surface area contributed by atoms with Crippen molar-refractivity contribution in [2.45, 2.75) is 6.42 Å². The third-order valence-electron chi connectivity index (χ3n) is 3.10. The molecule has 0 saturated carbocycles. The van der Waals surface area contributed by atoms with Gasteiger partial charge < -0.3 is 20.6 Å². The van der Waals surface area contributed by atoms with Crippen molar-refractivity contribution in [1.82, 2.24) is 0 Å². The van der Waals surface area contributed by atoms with E-state index in [1.807, 2.05) is 6.07 Å². The Balaban J connectivity index is 1.68. The van der Waals surface area contributed by atoms with Crippen LogP contribution in [-0.4, -0.2) is 25.0 Å². The van der Waals surface area contributed by atoms with Crippen LogP contribution in [0.25, 0.3) is 0 Å². The molecule has 0 radical (unpaired) electrons. The molecule has 0 aliphatic rings. The molecule has 0 unspecified atom stereocenters. The lowest BCUT2D eigenvalue weighted by molar-refractivity contribution is -0.115. The summed E-state index contributed by atoms with van der Waals surface area (Å²) in [5.74, 6) is 0.299. The monoisotopic (exact) mass is 372 g/mol. The first-order valence-electron chi connectivity index (χ1n) is 7.70. The van der Waals surface area contributed by atoms with Crippen molar-refractivity contribution in [3.63, 3.8) is 0 Å². The molecule has 8 heteroatoms. The first-order valence-corrected chi connectivity index (χ1v) is 8.08. The number of carbonyl (C=O) groups is 1. The third kappa shape index (κ3) is 6.34. The molecular formula is C18H17ClN4O3. The van der Waals surface area contributed by atoms with Gasteiger partial charge in [0.15, 0.2) is 6.61 Å². The summed E-state index contributed by atoms with van der Waals surface area (Å²) >= 11 is 5.96. The van der Waals surface area contributed by atoms with Crippen molar-refractivity contribution in [1.29, 1.82) is 5.26 Å². The molecule has 0 atom stereocenters. The number of nitrogens with one attached hydrogen (secondary N) is 1. The molecule has 0 aliphatic heterocycles. The van der Waals surface area contributed by atoms with Gasteiger partial charge in [0.2, 0.25) is 5.91 Å². The number of carbonyl (C=O) groups excluding carboxylic acids is 1. The molecule has 0 fully saturated rings. The fraction of sp³-hybridized carbons (Fsp3) is 0.167. The van der Waals surface area contributed by atoms with Gasteiger partial charge in [-0.3, -0.25) is 4.79 Å². The second-order valence-corrected chi connectivity index (χ2v) is 5.51. The van der Waals surface area contributed by atoms with Gasteiger partial charge in [0, 0.05) is 0 Å². The molecule has 3 N–H and O–H groups in total. The van der Waals surface area contributed by atoms with Crippen molar-refractivity contribution in [2.24, 2.45) is 10.9 Å². The van der Waals surface area contributed by atoms with Gasteiger partial charge >= 0.3 is 0 Å². The number of halogens is 1. The zero-order valence-corrected chi connectivity index (χ0v) is 14.6. The Bertz CT molecular complexity index is 816. The van der Waals surface area contributed by atoms with E-state index in [1.165, 1.54) is 0 Å². The van der Waals surface area contributed by atoms with Crippen LogP contribution < -0.4 is 15.8 Å². The van der Waals surface area contributed by atoms with Gasteiger partial charge in [0.1, 0.15) is 18.2 Å². The second-order valence-electron chi connectivity index (χ2n) is 5.11. The lowest BCUT2D eigenvalue weighted by atomic mass is 10.2. The number of amidine groups is 1. The molecule has 2 aromatic carbocycles. The van der Waals surface area contributed by atoms with Gasteiger partial charge in [-0.1, -0.05) is 28.9 Å². The molecule has 134 valence electrons. The number of rotatable bonds is 8. The van der Waals surface area contributed by atoms with Crippen LogP contribution in [0.5, 0.6) is 5.75 Å². The lowest BCUT2D eigenvalue weighted by Gasteiger charge is -2.07. The standard InChI is InChI=1S/C18H17ClN4O3/c19-15-3-1-2-4-16(15)22-18(24)11-17(21)23-26-10-9-25-14-7-5-13(12-20)6-8-14/h1-8H,9-11H2,(H2,21,23)(H,22,24). The summed E-state index contributed by atoms with van der Waals surface area (Å²) in [6.07, 6.45) is -0.123. The Labute approximate surface area is 156 Å². The number of anilines is 1. The second kappa shape index (κ2) is 9.91. The molecule has 0 aliphatic carbocycles. The summed E-state index contributed by atoms with van der Waals surface area (Å²) in [5, 5.41) is 15.5. The van der Waals surface area contributed by atoms with E-state index in [0.29, 0.717) is 22.0 Å². The number of hydrogen-bond donors (Lipinski definition) is 2. The molecule has 0 spiro atoms. The van der Waals surface area contributed by atoms with Gasteiger partial charge in [0.25, 0.3) is 0 Å². The van der Waals surface area contributed by atoms with Crippen LogP contribution in [0.15, 0.2) is 53.7 Å². The van der Waals surface area contributed by atoms with Crippen molar-refractivity contribution >= 4 is 29.0 Å². The molecule has 0 heterocycles. The van der Waals surface area contributed by atoms with Gasteiger partial charge in [-0.15, -0.1) is 0 Å². The first-order chi connectivity index (χ1) is 12.6. The quantitative estimate of drug-likeness (QED) is 0.320. The average molecular weight is 373 g/mol. The Kier molecular flexibility index (Phi) is 7.28. The van der Waals surface area contributed by atoms with Crippen molar-refractivity contribution in [3.8, 4) is 11.8 Å². The van der Waals surface area contributed by atoms with Crippen LogP contribution in [0.2, 0.25) is 5.02 Å². The Morgan fingerprint density at radius 2 is 1.92 bits per heavy atom. The Morgan fingerprint density at radius 1 is 1.19 bits per heavy atom. The van der Waals surface area contributed by atoms with Crippen LogP contribution >= 0.6 is 11.6 Å². The lowest BCUT2D eigenvalue weighted by Crippen LogP contribution is -2.22. The number of hydrogen-bond acceptors (Lipinski definition) is 5. The topological polar surface area (TPSA) is 110 Å². The largest absolute Gasteiger partial charge is 0.490 e. The number of para-hydroxylation sites is 1. The van der Waals surface area contributed by atoms with Crippen LogP contribution in [0.1, 0.15) is 12.0 Å². The molecule has 0 bridgehead atoms. The zero-order valence-electron chi connectivity index (χ0n) is 13.8. The predicted molar refractivity (Wildman–Crippen MR) is 98.9 cm³/mol. The number of nitrogens with two attached hydrogens (primary N) is 1. The minimum atomic E-state index is -0.350. The fourth-order valence-electron chi connectivity index (χ4n) is 1.90. The summed E-state index contributed by atoms with van der Waals surface area (Å²) in [7, 11) is 0. The van der Waals surface area contributed by atoms with E-state index in [9.17, 15) is 4.79 Å². The maximum Gasteiger partial charge on any atom is 0.232 e. The smallest absolute Gasteiger partial charge is 0.232 e. The number of amides is 1. The molecule has 2 rings (SSSR count). The van der Waals surface area contributed by atoms with Crippen molar-refractivity contribution < 1.29 is 14.4 Å². The summed E-state index contributed by atoms with van der Waals surface area (Å²) in [6.45, 7) is 0.404. The van der Waals surface area contributed by atoms with Gasteiger partial charge in [-0.25, -0.2) is 0 Å². The highest BCUT2D eigenvalue weighted by Gasteiger charge is 2.07. The van der Waals surface area contributed by atoms with Crippen molar-refractivity contribution in [2.75, 3.05) is 18.5 Å². The first kappa shape index (κ1) is 19.1. The van der Waals surface area contributed by atoms with E-state index in [-0.39, 0.29) is 31.4 Å². The molecule has 0 aromatic heterocycles. The molecule has 26 heavy (non-hydrogen) atoms. The number of oxime groups is 1. The molecular weight excluding hydrogens is 356 g/mol. The van der Waals surface area contributed by atoms with E-state index in [2.05, 4.69) is 10.5 Å². The Morgan fingerprint density at radius 3 is 2.62 bits per heavy atom. The highest BCUT2D eigenvalue weighted by Crippen LogP contribution is 2.20. The van der Waals surface area contributed by atoms with E-state index < -0.39 is 0 Å². The Hall–Kier alpha value is -3.24. The molecule has 2 aromatic rings. The van der Waals surface area contributed by atoms with Gasteiger partial charge in [0.05, 0.1) is 28.8 Å². The minimum Gasteiger partial charge on any atom is -0.490 e. The van der Waals surface area contributed by atoms with E-state index in [0.717, 1.165) is 0 Å². The predicted octanol–water partition coefficient (Wildman–Crippen LogP) is 2.91. The fourth-order valence-corrected chi connectivity index (χ4v) is 2.09. The molecule has 0 saturated heterocycles.